The van der Waals surface area contributed by atoms with Crippen molar-refractivity contribution in [2.75, 3.05) is 24.6 Å². The summed E-state index contributed by atoms with van der Waals surface area (Å²) in [6, 6.07) is 1.61. The maximum absolute atomic E-state index is 12.1. The molecule has 0 bridgehead atoms. The smallest absolute Gasteiger partial charge is 0.345 e. The first-order valence-electron chi connectivity index (χ1n) is 6.62. The van der Waals surface area contributed by atoms with Crippen LogP contribution in [0.5, 0.6) is 0 Å². The zero-order chi connectivity index (χ0) is 14.8. The molecule has 0 aliphatic carbocycles. The van der Waals surface area contributed by atoms with Crippen LogP contribution < -0.4 is 10.5 Å². The Morgan fingerprint density at radius 2 is 2.33 bits per heavy atom. The third-order valence-electron chi connectivity index (χ3n) is 3.58. The van der Waals surface area contributed by atoms with Gasteiger partial charge in [0.05, 0.1) is 18.3 Å². The highest BCUT2D eigenvalue weighted by Crippen LogP contribution is 2.26. The van der Waals surface area contributed by atoms with E-state index in [2.05, 4.69) is 19.7 Å². The summed E-state index contributed by atoms with van der Waals surface area (Å²) in [4.78, 5) is 24.7. The minimum absolute atomic E-state index is 0.0208. The number of rotatable bonds is 4. The van der Waals surface area contributed by atoms with Crippen LogP contribution in [0.1, 0.15) is 6.42 Å². The van der Waals surface area contributed by atoms with Crippen molar-refractivity contribution in [2.24, 2.45) is 5.92 Å². The van der Waals surface area contributed by atoms with Gasteiger partial charge in [-0.3, -0.25) is 4.79 Å². The molecule has 1 unspecified atom stereocenters. The molecule has 0 aromatic carbocycles. The summed E-state index contributed by atoms with van der Waals surface area (Å²) in [7, 11) is 0. The van der Waals surface area contributed by atoms with E-state index < -0.39 is 6.61 Å². The van der Waals surface area contributed by atoms with E-state index >= 15 is 0 Å². The highest BCUT2D eigenvalue weighted by molar-refractivity contribution is 5.87. The minimum atomic E-state index is -2.74. The molecule has 6 nitrogen and oxygen atoms in total. The summed E-state index contributed by atoms with van der Waals surface area (Å²) in [5, 5.41) is 0.467. The summed E-state index contributed by atoms with van der Waals surface area (Å²) in [6.07, 6.45) is 3.63. The number of halogens is 2. The van der Waals surface area contributed by atoms with E-state index in [4.69, 9.17) is 0 Å². The van der Waals surface area contributed by atoms with Crippen molar-refractivity contribution in [3.05, 3.63) is 28.9 Å². The lowest BCUT2D eigenvalue weighted by atomic mass is 10.1. The lowest BCUT2D eigenvalue weighted by Gasteiger charge is -2.18. The number of aromatic nitrogens is 3. The fourth-order valence-corrected chi connectivity index (χ4v) is 2.59. The van der Waals surface area contributed by atoms with Crippen LogP contribution in [0, 0.1) is 5.92 Å². The lowest BCUT2D eigenvalue weighted by Crippen LogP contribution is -2.23. The number of ether oxygens (including phenoxy) is 1. The van der Waals surface area contributed by atoms with E-state index in [0.717, 1.165) is 6.42 Å². The van der Waals surface area contributed by atoms with Gasteiger partial charge in [0.1, 0.15) is 5.52 Å². The van der Waals surface area contributed by atoms with Crippen LogP contribution in [-0.2, 0) is 4.74 Å². The topological polar surface area (TPSA) is 71.1 Å². The van der Waals surface area contributed by atoms with Gasteiger partial charge >= 0.3 is 6.61 Å². The predicted octanol–water partition coefficient (Wildman–Crippen LogP) is 1.38. The van der Waals surface area contributed by atoms with Crippen molar-refractivity contribution < 1.29 is 13.5 Å². The summed E-state index contributed by atoms with van der Waals surface area (Å²) in [5.41, 5.74) is 0.303. The zero-order valence-corrected chi connectivity index (χ0v) is 11.1. The quantitative estimate of drug-likeness (QED) is 0.923. The molecule has 0 saturated carbocycles. The molecule has 2 aromatic heterocycles. The number of alkyl halides is 2. The molecule has 0 radical (unpaired) electrons. The molecule has 21 heavy (non-hydrogen) atoms. The zero-order valence-electron chi connectivity index (χ0n) is 11.1. The fourth-order valence-electron chi connectivity index (χ4n) is 2.59. The Kier molecular flexibility index (Phi) is 3.78. The van der Waals surface area contributed by atoms with Crippen molar-refractivity contribution in [2.45, 2.75) is 13.0 Å². The molecule has 2 aromatic rings. The van der Waals surface area contributed by atoms with Gasteiger partial charge in [0.25, 0.3) is 5.56 Å². The first-order valence-corrected chi connectivity index (χ1v) is 6.62. The van der Waals surface area contributed by atoms with Crippen LogP contribution in [-0.4, -0.2) is 41.3 Å². The van der Waals surface area contributed by atoms with Crippen molar-refractivity contribution >= 4 is 16.7 Å². The average molecular weight is 296 g/mol. The van der Waals surface area contributed by atoms with Crippen molar-refractivity contribution in [1.82, 2.24) is 15.0 Å². The molecule has 1 fully saturated rings. The normalized spacial score (nSPS) is 18.8. The van der Waals surface area contributed by atoms with Crippen molar-refractivity contribution in [3.8, 4) is 0 Å². The summed E-state index contributed by atoms with van der Waals surface area (Å²) < 4.78 is 28.5. The van der Waals surface area contributed by atoms with Crippen LogP contribution >= 0.6 is 0 Å². The Morgan fingerprint density at radius 3 is 3.14 bits per heavy atom. The van der Waals surface area contributed by atoms with E-state index in [9.17, 15) is 13.6 Å². The van der Waals surface area contributed by atoms with Crippen molar-refractivity contribution in [1.29, 1.82) is 0 Å². The molecule has 112 valence electrons. The highest BCUT2D eigenvalue weighted by Gasteiger charge is 2.26. The summed E-state index contributed by atoms with van der Waals surface area (Å²) in [5.74, 6) is 0.635. The second-order valence-corrected chi connectivity index (χ2v) is 4.96. The number of nitrogens with one attached hydrogen (secondary N) is 1. The number of pyridine rings is 1. The van der Waals surface area contributed by atoms with Crippen LogP contribution in [0.2, 0.25) is 0 Å². The van der Waals surface area contributed by atoms with Crippen LogP contribution in [0.3, 0.4) is 0 Å². The van der Waals surface area contributed by atoms with E-state index in [-0.39, 0.29) is 18.1 Å². The lowest BCUT2D eigenvalue weighted by molar-refractivity contribution is -0.136. The molecule has 1 N–H and O–H groups in total. The fraction of sp³-hybridized carbons (Fsp3) is 0.462. The molecular weight excluding hydrogens is 282 g/mol. The molecule has 0 amide bonds. The molecule has 3 rings (SSSR count). The number of nitrogens with zero attached hydrogens (tertiary/aromatic N) is 3. The van der Waals surface area contributed by atoms with Gasteiger partial charge in [0.15, 0.2) is 5.82 Å². The second kappa shape index (κ2) is 5.72. The summed E-state index contributed by atoms with van der Waals surface area (Å²) >= 11 is 0. The van der Waals surface area contributed by atoms with E-state index in [1.807, 2.05) is 4.90 Å². The van der Waals surface area contributed by atoms with Gasteiger partial charge in [0, 0.05) is 25.2 Å². The van der Waals surface area contributed by atoms with E-state index in [0.29, 0.717) is 29.8 Å². The Bertz CT molecular complexity index is 691. The Morgan fingerprint density at radius 1 is 1.48 bits per heavy atom. The molecule has 1 atom stereocenters. The van der Waals surface area contributed by atoms with Crippen LogP contribution in [0.25, 0.3) is 10.9 Å². The van der Waals surface area contributed by atoms with Crippen LogP contribution in [0.4, 0.5) is 14.6 Å². The average Bonchev–Trinajstić information content (AvgIpc) is 2.94. The number of hydrogen-bond acceptors (Lipinski definition) is 5. The van der Waals surface area contributed by atoms with Gasteiger partial charge in [-0.1, -0.05) is 0 Å². The van der Waals surface area contributed by atoms with Gasteiger partial charge in [-0.05, 0) is 12.5 Å². The number of H-pyrrole nitrogens is 1. The SMILES string of the molecule is O=c1[nH]cnc2c(N3CCC(COC(F)F)C3)nccc12. The van der Waals surface area contributed by atoms with Gasteiger partial charge in [-0.25, -0.2) is 9.97 Å². The molecule has 1 aliphatic heterocycles. The molecule has 1 saturated heterocycles. The van der Waals surface area contributed by atoms with Gasteiger partial charge in [-0.2, -0.15) is 8.78 Å². The molecule has 1 aliphatic rings. The summed E-state index contributed by atoms with van der Waals surface area (Å²) in [6.45, 7) is -1.48. The van der Waals surface area contributed by atoms with E-state index in [1.165, 1.54) is 6.33 Å². The number of hydrogen-bond donors (Lipinski definition) is 1. The van der Waals surface area contributed by atoms with Gasteiger partial charge in [0.2, 0.25) is 0 Å². The van der Waals surface area contributed by atoms with E-state index in [1.54, 1.807) is 12.3 Å². The third-order valence-corrected chi connectivity index (χ3v) is 3.58. The molecule has 3 heterocycles. The third kappa shape index (κ3) is 2.85. The first-order chi connectivity index (χ1) is 10.1. The molecule has 0 spiro atoms. The second-order valence-electron chi connectivity index (χ2n) is 4.96. The standard InChI is InChI=1S/C13H14F2N4O2/c14-13(15)21-6-8-2-4-19(5-8)11-10-9(1-3-16-11)12(20)18-7-17-10/h1,3,7-8,13H,2,4-6H2,(H,17,18,20). The molecule has 8 heteroatoms. The highest BCUT2D eigenvalue weighted by atomic mass is 19.3. The number of aromatic amines is 1. The maximum Gasteiger partial charge on any atom is 0.345 e. The van der Waals surface area contributed by atoms with Gasteiger partial charge in [-0.15, -0.1) is 0 Å². The minimum Gasteiger partial charge on any atom is -0.354 e. The van der Waals surface area contributed by atoms with Crippen molar-refractivity contribution in [3.63, 3.8) is 0 Å². The Balaban J connectivity index is 1.82. The molecular formula is C13H14F2N4O2. The number of fused-ring (bicyclic) bond motifs is 1. The maximum atomic E-state index is 12.1. The monoisotopic (exact) mass is 296 g/mol. The number of anilines is 1. The first kappa shape index (κ1) is 13.9. The van der Waals surface area contributed by atoms with Crippen LogP contribution in [0.15, 0.2) is 23.4 Å². The van der Waals surface area contributed by atoms with Gasteiger partial charge < -0.3 is 14.6 Å². The Hall–Kier alpha value is -2.09. The Labute approximate surface area is 118 Å². The predicted molar refractivity (Wildman–Crippen MR) is 72.4 cm³/mol. The largest absolute Gasteiger partial charge is 0.354 e.